The first-order valence-electron chi connectivity index (χ1n) is 11.1. The monoisotopic (exact) mass is 482 g/mol. The molecule has 2 aromatic heterocycles. The lowest BCUT2D eigenvalue weighted by molar-refractivity contribution is -0.111. The Morgan fingerprint density at radius 2 is 1.89 bits per heavy atom. The van der Waals surface area contributed by atoms with E-state index in [1.807, 2.05) is 74.5 Å². The molecule has 0 radical (unpaired) electrons. The zero-order valence-electron chi connectivity index (χ0n) is 19.6. The highest BCUT2D eigenvalue weighted by Crippen LogP contribution is 2.40. The Morgan fingerprint density at radius 3 is 2.66 bits per heavy atom. The highest BCUT2D eigenvalue weighted by Gasteiger charge is 2.19. The van der Waals surface area contributed by atoms with Gasteiger partial charge >= 0.3 is 0 Å². The van der Waals surface area contributed by atoms with Crippen LogP contribution in [0.3, 0.4) is 0 Å². The number of nitrogens with one attached hydrogen (secondary N) is 1. The van der Waals surface area contributed by atoms with E-state index in [2.05, 4.69) is 10.3 Å². The molecule has 5 aromatic rings. The molecule has 2 heterocycles. The number of benzene rings is 3. The van der Waals surface area contributed by atoms with E-state index in [9.17, 15) is 4.79 Å². The summed E-state index contributed by atoms with van der Waals surface area (Å²) < 4.78 is 11.7. The first-order chi connectivity index (χ1) is 17.0. The van der Waals surface area contributed by atoms with Crippen LogP contribution < -0.4 is 10.1 Å². The molecule has 0 saturated heterocycles. The summed E-state index contributed by atoms with van der Waals surface area (Å²) >= 11 is 6.07. The van der Waals surface area contributed by atoms with Crippen molar-refractivity contribution < 1.29 is 13.9 Å². The van der Waals surface area contributed by atoms with Gasteiger partial charge in [-0.25, -0.2) is 0 Å². The zero-order chi connectivity index (χ0) is 24.5. The lowest BCUT2D eigenvalue weighted by atomic mass is 9.96. The molecule has 0 fully saturated rings. The third-order valence-electron chi connectivity index (χ3n) is 6.08. The SMILES string of the molecule is COc1c(/C(C)=C/C(=O)Nc2cccc3ncccc23)cc2c(-c3ccc(Cl)cc3)coc2c1C. The van der Waals surface area contributed by atoms with Gasteiger partial charge in [0.15, 0.2) is 0 Å². The third-order valence-corrected chi connectivity index (χ3v) is 6.33. The van der Waals surface area contributed by atoms with Crippen molar-refractivity contribution in [3.05, 3.63) is 95.3 Å². The fourth-order valence-electron chi connectivity index (χ4n) is 4.38. The van der Waals surface area contributed by atoms with Crippen LogP contribution in [-0.4, -0.2) is 18.0 Å². The van der Waals surface area contributed by atoms with E-state index in [0.29, 0.717) is 16.5 Å². The number of hydrogen-bond donors (Lipinski definition) is 1. The molecule has 0 saturated carbocycles. The molecule has 0 bridgehead atoms. The first kappa shape index (κ1) is 22.7. The van der Waals surface area contributed by atoms with Crippen LogP contribution in [0.1, 0.15) is 18.1 Å². The molecule has 5 nitrogen and oxygen atoms in total. The number of halogens is 1. The van der Waals surface area contributed by atoms with Crippen molar-refractivity contribution in [2.45, 2.75) is 13.8 Å². The normalized spacial score (nSPS) is 11.7. The number of ether oxygens (including phenoxy) is 1. The second kappa shape index (κ2) is 9.28. The summed E-state index contributed by atoms with van der Waals surface area (Å²) in [6.07, 6.45) is 5.06. The maximum absolute atomic E-state index is 13.0. The van der Waals surface area contributed by atoms with Crippen molar-refractivity contribution in [3.63, 3.8) is 0 Å². The van der Waals surface area contributed by atoms with E-state index in [0.717, 1.165) is 49.7 Å². The summed E-state index contributed by atoms with van der Waals surface area (Å²) in [6, 6.07) is 19.1. The topological polar surface area (TPSA) is 64.4 Å². The number of carbonyl (C=O) groups excluding carboxylic acids is 1. The van der Waals surface area contributed by atoms with Gasteiger partial charge in [0, 0.05) is 44.8 Å². The Bertz CT molecular complexity index is 1600. The quantitative estimate of drug-likeness (QED) is 0.261. The number of aryl methyl sites for hydroxylation is 1. The molecular weight excluding hydrogens is 460 g/mol. The van der Waals surface area contributed by atoms with E-state index >= 15 is 0 Å². The van der Waals surface area contributed by atoms with Crippen LogP contribution >= 0.6 is 11.6 Å². The van der Waals surface area contributed by atoms with Crippen molar-refractivity contribution in [3.8, 4) is 16.9 Å². The second-order valence-electron chi connectivity index (χ2n) is 8.31. The van der Waals surface area contributed by atoms with Gasteiger partial charge in [-0.15, -0.1) is 0 Å². The van der Waals surface area contributed by atoms with Gasteiger partial charge in [0.05, 0.1) is 24.6 Å². The number of hydrogen-bond acceptors (Lipinski definition) is 4. The first-order valence-corrected chi connectivity index (χ1v) is 11.5. The van der Waals surface area contributed by atoms with Crippen LogP contribution in [0, 0.1) is 6.92 Å². The van der Waals surface area contributed by atoms with Crippen molar-refractivity contribution in [1.29, 1.82) is 0 Å². The van der Waals surface area contributed by atoms with Gasteiger partial charge in [0.1, 0.15) is 11.3 Å². The third kappa shape index (κ3) is 4.27. The molecule has 6 heteroatoms. The van der Waals surface area contributed by atoms with Crippen molar-refractivity contribution in [2.75, 3.05) is 12.4 Å². The van der Waals surface area contributed by atoms with Crippen LogP contribution in [0.25, 0.3) is 38.6 Å². The van der Waals surface area contributed by atoms with Crippen LogP contribution in [0.2, 0.25) is 5.02 Å². The summed E-state index contributed by atoms with van der Waals surface area (Å²) in [7, 11) is 1.62. The number of carbonyl (C=O) groups is 1. The average Bonchev–Trinajstić information content (AvgIpc) is 3.29. The van der Waals surface area contributed by atoms with Crippen molar-refractivity contribution in [1.82, 2.24) is 4.98 Å². The number of fused-ring (bicyclic) bond motifs is 2. The number of amides is 1. The Morgan fingerprint density at radius 1 is 1.09 bits per heavy atom. The lowest BCUT2D eigenvalue weighted by Gasteiger charge is -2.13. The standard InChI is InChI=1S/C29H23ClN2O3/c1-17(14-27(33)32-26-8-4-7-25-21(26)6-5-13-31-25)22-15-23-24(19-9-11-20(30)12-10-19)16-35-29(23)18(2)28(22)34-3/h4-16H,1-3H3,(H,32,33)/b17-14+. The molecule has 1 N–H and O–H groups in total. The predicted octanol–water partition coefficient (Wildman–Crippen LogP) is 7.66. The number of allylic oxidation sites excluding steroid dienone is 1. The van der Waals surface area contributed by atoms with Gasteiger partial charge in [0.2, 0.25) is 5.91 Å². The van der Waals surface area contributed by atoms with E-state index in [1.165, 1.54) is 0 Å². The smallest absolute Gasteiger partial charge is 0.248 e. The van der Waals surface area contributed by atoms with Gasteiger partial charge in [-0.3, -0.25) is 9.78 Å². The largest absolute Gasteiger partial charge is 0.496 e. The average molecular weight is 483 g/mol. The molecule has 5 rings (SSSR count). The van der Waals surface area contributed by atoms with Crippen LogP contribution in [0.15, 0.2) is 83.6 Å². The van der Waals surface area contributed by atoms with Crippen LogP contribution in [0.4, 0.5) is 5.69 Å². The van der Waals surface area contributed by atoms with Crippen molar-refractivity contribution in [2.24, 2.45) is 0 Å². The fraction of sp³-hybridized carbons (Fsp3) is 0.103. The van der Waals surface area contributed by atoms with Crippen molar-refractivity contribution >= 4 is 50.6 Å². The van der Waals surface area contributed by atoms with E-state index < -0.39 is 0 Å². The zero-order valence-corrected chi connectivity index (χ0v) is 20.3. The van der Waals surface area contributed by atoms with Gasteiger partial charge in [-0.1, -0.05) is 29.8 Å². The molecule has 1 amide bonds. The molecule has 35 heavy (non-hydrogen) atoms. The fourth-order valence-corrected chi connectivity index (χ4v) is 4.51. The predicted molar refractivity (Wildman–Crippen MR) is 142 cm³/mol. The second-order valence-corrected chi connectivity index (χ2v) is 8.74. The van der Waals surface area contributed by atoms with Gasteiger partial charge in [-0.05, 0) is 67.4 Å². The van der Waals surface area contributed by atoms with Crippen LogP contribution in [0.5, 0.6) is 5.75 Å². The minimum absolute atomic E-state index is 0.233. The molecule has 3 aromatic carbocycles. The highest BCUT2D eigenvalue weighted by atomic mass is 35.5. The van der Waals surface area contributed by atoms with Gasteiger partial charge in [0.25, 0.3) is 0 Å². The minimum atomic E-state index is -0.233. The number of rotatable bonds is 5. The van der Waals surface area contributed by atoms with Gasteiger partial charge < -0.3 is 14.5 Å². The summed E-state index contributed by atoms with van der Waals surface area (Å²) in [5, 5.41) is 5.48. The number of pyridine rings is 1. The lowest BCUT2D eigenvalue weighted by Crippen LogP contribution is -2.09. The molecule has 174 valence electrons. The Labute approximate surface area is 208 Å². The maximum Gasteiger partial charge on any atom is 0.248 e. The van der Waals surface area contributed by atoms with E-state index in [1.54, 1.807) is 25.6 Å². The molecule has 0 aliphatic rings. The Kier molecular flexibility index (Phi) is 6.01. The Balaban J connectivity index is 1.55. The van der Waals surface area contributed by atoms with Gasteiger partial charge in [-0.2, -0.15) is 0 Å². The molecule has 0 aliphatic carbocycles. The number of aromatic nitrogens is 1. The van der Waals surface area contributed by atoms with Crippen LogP contribution in [-0.2, 0) is 4.79 Å². The number of furan rings is 1. The molecule has 0 aliphatic heterocycles. The number of nitrogens with zero attached hydrogens (tertiary/aromatic N) is 1. The summed E-state index contributed by atoms with van der Waals surface area (Å²) in [5.41, 5.74) is 6.68. The molecule has 0 atom stereocenters. The highest BCUT2D eigenvalue weighted by molar-refractivity contribution is 6.30. The Hall–Kier alpha value is -4.09. The number of anilines is 1. The summed E-state index contributed by atoms with van der Waals surface area (Å²) in [5.74, 6) is 0.439. The van der Waals surface area contributed by atoms with E-state index in [-0.39, 0.29) is 5.91 Å². The summed E-state index contributed by atoms with van der Waals surface area (Å²) in [4.78, 5) is 17.3. The molecular formula is C29H23ClN2O3. The molecule has 0 unspecified atom stereocenters. The maximum atomic E-state index is 13.0. The number of methoxy groups -OCH3 is 1. The summed E-state index contributed by atoms with van der Waals surface area (Å²) in [6.45, 7) is 3.85. The minimum Gasteiger partial charge on any atom is -0.496 e. The molecule has 0 spiro atoms. The van der Waals surface area contributed by atoms with E-state index in [4.69, 9.17) is 20.8 Å².